The SMILES string of the molecule is CC1(C2(N)NC(c3cccnc3)=CC=C2NC2CCOC2)CCOC1. The number of nitrogens with one attached hydrogen (secondary N) is 2. The van der Waals surface area contributed by atoms with Crippen molar-refractivity contribution in [1.82, 2.24) is 15.6 Å². The van der Waals surface area contributed by atoms with Crippen molar-refractivity contribution in [2.75, 3.05) is 26.4 Å². The number of nitrogens with zero attached hydrogens (tertiary/aromatic N) is 1. The third-order valence-corrected chi connectivity index (χ3v) is 5.61. The monoisotopic (exact) mass is 342 g/mol. The molecule has 4 N–H and O–H groups in total. The smallest absolute Gasteiger partial charge is 0.135 e. The van der Waals surface area contributed by atoms with E-state index in [1.54, 1.807) is 6.20 Å². The van der Waals surface area contributed by atoms with Gasteiger partial charge in [-0.1, -0.05) is 6.92 Å². The Hall–Kier alpha value is -1.89. The van der Waals surface area contributed by atoms with Crippen LogP contribution in [-0.4, -0.2) is 43.1 Å². The van der Waals surface area contributed by atoms with E-state index in [1.807, 2.05) is 18.3 Å². The first-order valence-electron chi connectivity index (χ1n) is 8.93. The van der Waals surface area contributed by atoms with Crippen molar-refractivity contribution in [3.8, 4) is 0 Å². The summed E-state index contributed by atoms with van der Waals surface area (Å²) in [6.07, 6.45) is 9.71. The van der Waals surface area contributed by atoms with E-state index in [0.717, 1.165) is 49.6 Å². The Morgan fingerprint density at radius 1 is 1.32 bits per heavy atom. The maximum atomic E-state index is 7.02. The van der Waals surface area contributed by atoms with Crippen LogP contribution in [0, 0.1) is 5.41 Å². The molecule has 3 atom stereocenters. The molecule has 134 valence electrons. The van der Waals surface area contributed by atoms with Gasteiger partial charge in [-0.2, -0.15) is 0 Å². The number of ether oxygens (including phenoxy) is 2. The highest BCUT2D eigenvalue weighted by atomic mass is 16.5. The molecule has 6 heteroatoms. The van der Waals surface area contributed by atoms with Gasteiger partial charge in [0.2, 0.25) is 0 Å². The second-order valence-corrected chi connectivity index (χ2v) is 7.40. The zero-order chi connectivity index (χ0) is 17.3. The van der Waals surface area contributed by atoms with Crippen molar-refractivity contribution in [1.29, 1.82) is 0 Å². The first kappa shape index (κ1) is 16.6. The van der Waals surface area contributed by atoms with Gasteiger partial charge in [0.1, 0.15) is 5.66 Å². The van der Waals surface area contributed by atoms with Gasteiger partial charge >= 0.3 is 0 Å². The van der Waals surface area contributed by atoms with Crippen molar-refractivity contribution < 1.29 is 9.47 Å². The normalized spacial score (nSPS) is 35.0. The number of aromatic nitrogens is 1. The molecule has 25 heavy (non-hydrogen) atoms. The van der Waals surface area contributed by atoms with Crippen LogP contribution in [0.2, 0.25) is 0 Å². The molecular formula is C19H26N4O2. The van der Waals surface area contributed by atoms with Gasteiger partial charge in [0, 0.05) is 42.3 Å². The van der Waals surface area contributed by atoms with Crippen LogP contribution in [0.3, 0.4) is 0 Å². The summed E-state index contributed by atoms with van der Waals surface area (Å²) in [5.41, 5.74) is 9.11. The van der Waals surface area contributed by atoms with Gasteiger partial charge in [-0.15, -0.1) is 0 Å². The number of rotatable bonds is 4. The lowest BCUT2D eigenvalue weighted by Gasteiger charge is -2.48. The third-order valence-electron chi connectivity index (χ3n) is 5.61. The summed E-state index contributed by atoms with van der Waals surface area (Å²) < 4.78 is 11.2. The summed E-state index contributed by atoms with van der Waals surface area (Å²) >= 11 is 0. The van der Waals surface area contributed by atoms with Crippen molar-refractivity contribution >= 4 is 5.70 Å². The van der Waals surface area contributed by atoms with E-state index in [4.69, 9.17) is 15.2 Å². The minimum atomic E-state index is -0.730. The molecule has 0 aliphatic carbocycles. The van der Waals surface area contributed by atoms with Gasteiger partial charge in [0.05, 0.1) is 25.0 Å². The van der Waals surface area contributed by atoms with Gasteiger partial charge in [0.25, 0.3) is 0 Å². The lowest BCUT2D eigenvalue weighted by Crippen LogP contribution is -2.68. The minimum Gasteiger partial charge on any atom is -0.381 e. The van der Waals surface area contributed by atoms with Gasteiger partial charge in [0.15, 0.2) is 0 Å². The average molecular weight is 342 g/mol. The fourth-order valence-corrected chi connectivity index (χ4v) is 3.79. The van der Waals surface area contributed by atoms with Crippen LogP contribution >= 0.6 is 0 Å². The summed E-state index contributed by atoms with van der Waals surface area (Å²) in [4.78, 5) is 4.23. The van der Waals surface area contributed by atoms with Gasteiger partial charge in [-0.05, 0) is 37.1 Å². The maximum absolute atomic E-state index is 7.02. The molecule has 0 aromatic carbocycles. The van der Waals surface area contributed by atoms with E-state index in [9.17, 15) is 0 Å². The largest absolute Gasteiger partial charge is 0.381 e. The number of nitrogens with two attached hydrogens (primary N) is 1. The fourth-order valence-electron chi connectivity index (χ4n) is 3.79. The molecule has 6 nitrogen and oxygen atoms in total. The number of pyridine rings is 1. The molecule has 2 saturated heterocycles. The van der Waals surface area contributed by atoms with Gasteiger partial charge < -0.3 is 25.8 Å². The molecule has 4 heterocycles. The van der Waals surface area contributed by atoms with Crippen molar-refractivity contribution in [2.24, 2.45) is 11.1 Å². The molecular weight excluding hydrogens is 316 g/mol. The quantitative estimate of drug-likeness (QED) is 0.767. The Balaban J connectivity index is 1.69. The molecule has 0 spiro atoms. The highest BCUT2D eigenvalue weighted by Gasteiger charge is 2.52. The predicted octanol–water partition coefficient (Wildman–Crippen LogP) is 1.37. The van der Waals surface area contributed by atoms with E-state index in [0.29, 0.717) is 12.6 Å². The number of dihydropyridines is 1. The van der Waals surface area contributed by atoms with Crippen LogP contribution in [0.1, 0.15) is 25.3 Å². The van der Waals surface area contributed by atoms with Crippen LogP contribution < -0.4 is 16.4 Å². The highest BCUT2D eigenvalue weighted by molar-refractivity contribution is 5.68. The molecule has 1 aromatic rings. The topological polar surface area (TPSA) is 81.4 Å². The second-order valence-electron chi connectivity index (χ2n) is 7.40. The molecule has 4 rings (SSSR count). The third kappa shape index (κ3) is 2.94. The van der Waals surface area contributed by atoms with Crippen LogP contribution in [0.25, 0.3) is 5.70 Å². The fraction of sp³-hybridized carbons (Fsp3) is 0.526. The zero-order valence-electron chi connectivity index (χ0n) is 14.6. The first-order valence-corrected chi connectivity index (χ1v) is 8.93. The summed E-state index contributed by atoms with van der Waals surface area (Å²) in [5.74, 6) is 0. The van der Waals surface area contributed by atoms with Crippen LogP contribution in [0.15, 0.2) is 42.4 Å². The Bertz CT molecular complexity index is 676. The molecule has 3 unspecified atom stereocenters. The minimum absolute atomic E-state index is 0.201. The molecule has 0 saturated carbocycles. The van der Waals surface area contributed by atoms with Crippen LogP contribution in [0.5, 0.6) is 0 Å². The van der Waals surface area contributed by atoms with Crippen molar-refractivity contribution in [2.45, 2.75) is 31.5 Å². The Labute approximate surface area is 148 Å². The molecule has 2 fully saturated rings. The molecule has 3 aliphatic heterocycles. The standard InChI is InChI=1S/C19H26N4O2/c1-18(7-10-25-13-18)19(20)17(22-15-6-9-24-12-15)5-4-16(23-19)14-3-2-8-21-11-14/h2-5,8,11,15,22-23H,6-7,9-10,12-13,20H2,1H3. The summed E-state index contributed by atoms with van der Waals surface area (Å²) in [7, 11) is 0. The van der Waals surface area contributed by atoms with E-state index < -0.39 is 5.66 Å². The molecule has 0 amide bonds. The van der Waals surface area contributed by atoms with Crippen molar-refractivity contribution in [3.05, 3.63) is 47.9 Å². The summed E-state index contributed by atoms with van der Waals surface area (Å²) in [6.45, 7) is 5.09. The Morgan fingerprint density at radius 3 is 2.92 bits per heavy atom. The Kier molecular flexibility index (Phi) is 4.27. The highest BCUT2D eigenvalue weighted by Crippen LogP contribution is 2.42. The van der Waals surface area contributed by atoms with Crippen LogP contribution in [0.4, 0.5) is 0 Å². The summed E-state index contributed by atoms with van der Waals surface area (Å²) in [6, 6.07) is 4.27. The number of hydrogen-bond donors (Lipinski definition) is 3. The number of allylic oxidation sites excluding steroid dienone is 2. The van der Waals surface area contributed by atoms with Gasteiger partial charge in [-0.25, -0.2) is 0 Å². The first-order chi connectivity index (χ1) is 12.1. The predicted molar refractivity (Wildman–Crippen MR) is 96.3 cm³/mol. The van der Waals surface area contributed by atoms with E-state index in [2.05, 4.69) is 34.7 Å². The van der Waals surface area contributed by atoms with Gasteiger partial charge in [-0.3, -0.25) is 4.98 Å². The lowest BCUT2D eigenvalue weighted by molar-refractivity contribution is 0.101. The average Bonchev–Trinajstić information content (AvgIpc) is 3.30. The molecule has 0 radical (unpaired) electrons. The van der Waals surface area contributed by atoms with Crippen LogP contribution in [-0.2, 0) is 9.47 Å². The number of hydrogen-bond acceptors (Lipinski definition) is 6. The zero-order valence-corrected chi connectivity index (χ0v) is 14.6. The molecule has 3 aliphatic rings. The van der Waals surface area contributed by atoms with Crippen molar-refractivity contribution in [3.63, 3.8) is 0 Å². The second kappa shape index (κ2) is 6.44. The molecule has 0 bridgehead atoms. The molecule has 1 aromatic heterocycles. The lowest BCUT2D eigenvalue weighted by atomic mass is 9.73. The van der Waals surface area contributed by atoms with E-state index >= 15 is 0 Å². The Morgan fingerprint density at radius 2 is 2.24 bits per heavy atom. The van der Waals surface area contributed by atoms with E-state index in [-0.39, 0.29) is 5.41 Å². The summed E-state index contributed by atoms with van der Waals surface area (Å²) in [5, 5.41) is 7.22. The van der Waals surface area contributed by atoms with E-state index in [1.165, 1.54) is 0 Å². The maximum Gasteiger partial charge on any atom is 0.135 e.